The van der Waals surface area contributed by atoms with Gasteiger partial charge in [0, 0.05) is 13.1 Å². The predicted octanol–water partition coefficient (Wildman–Crippen LogP) is 5.05. The Morgan fingerprint density at radius 2 is 1.85 bits per heavy atom. The van der Waals surface area contributed by atoms with Gasteiger partial charge in [-0.3, -0.25) is 0 Å². The molecule has 4 heteroatoms. The van der Waals surface area contributed by atoms with Gasteiger partial charge in [-0.1, -0.05) is 54.6 Å². The maximum atomic E-state index is 12.7. The van der Waals surface area contributed by atoms with E-state index in [0.29, 0.717) is 13.2 Å². The van der Waals surface area contributed by atoms with Crippen LogP contribution in [0.4, 0.5) is 4.79 Å². The lowest BCUT2D eigenvalue weighted by atomic mass is 10.1. The second-order valence-corrected chi connectivity index (χ2v) is 8.14. The van der Waals surface area contributed by atoms with Crippen LogP contribution in [0.15, 0.2) is 54.6 Å². The quantitative estimate of drug-likeness (QED) is 0.805. The first-order valence-electron chi connectivity index (χ1n) is 9.73. The molecule has 1 N–H and O–H groups in total. The van der Waals surface area contributed by atoms with E-state index >= 15 is 0 Å². The van der Waals surface area contributed by atoms with Crippen LogP contribution in [0.3, 0.4) is 0 Å². The first-order valence-corrected chi connectivity index (χ1v) is 9.73. The van der Waals surface area contributed by atoms with Crippen LogP contribution in [0.25, 0.3) is 0 Å². The summed E-state index contributed by atoms with van der Waals surface area (Å²) >= 11 is 0. The molecule has 0 aromatic heterocycles. The maximum absolute atomic E-state index is 12.7. The van der Waals surface area contributed by atoms with Gasteiger partial charge < -0.3 is 15.0 Å². The highest BCUT2D eigenvalue weighted by Gasteiger charge is 2.29. The van der Waals surface area contributed by atoms with Crippen LogP contribution in [0.2, 0.25) is 0 Å². The third kappa shape index (κ3) is 5.57. The zero-order valence-electron chi connectivity index (χ0n) is 16.6. The van der Waals surface area contributed by atoms with Gasteiger partial charge in [-0.2, -0.15) is 0 Å². The molecule has 1 heterocycles. The van der Waals surface area contributed by atoms with E-state index in [1.807, 2.05) is 35.2 Å². The van der Waals surface area contributed by atoms with Crippen LogP contribution in [-0.2, 0) is 17.9 Å². The van der Waals surface area contributed by atoms with Crippen LogP contribution < -0.4 is 5.32 Å². The van der Waals surface area contributed by atoms with Crippen LogP contribution in [0.1, 0.15) is 56.3 Å². The van der Waals surface area contributed by atoms with E-state index < -0.39 is 0 Å². The summed E-state index contributed by atoms with van der Waals surface area (Å²) in [6, 6.07) is 18.7. The fraction of sp³-hybridized carbons (Fsp3) is 0.435. The molecule has 1 aliphatic heterocycles. The lowest BCUT2D eigenvalue weighted by molar-refractivity contribution is -0.0149. The van der Waals surface area contributed by atoms with Gasteiger partial charge in [0.2, 0.25) is 0 Å². The Kier molecular flexibility index (Phi) is 6.17. The fourth-order valence-corrected chi connectivity index (χ4v) is 3.44. The van der Waals surface area contributed by atoms with Crippen LogP contribution in [0, 0.1) is 0 Å². The molecule has 4 nitrogen and oxygen atoms in total. The van der Waals surface area contributed by atoms with Gasteiger partial charge in [-0.15, -0.1) is 0 Å². The molecule has 1 atom stereocenters. The Morgan fingerprint density at radius 1 is 1.11 bits per heavy atom. The standard InChI is InChI=1S/C23H30N2O2/c1-23(2,3)27-17-19-10-7-9-18(15-19)16-24-22(26)25-14-8-13-21(25)20-11-5-4-6-12-20/h4-7,9-12,15,21H,8,13-14,16-17H2,1-3H3,(H,24,26). The van der Waals surface area contributed by atoms with Gasteiger partial charge in [0.1, 0.15) is 0 Å². The Hall–Kier alpha value is -2.33. The average Bonchev–Trinajstić information content (AvgIpc) is 3.15. The Bertz CT molecular complexity index is 752. The number of likely N-dealkylation sites (tertiary alicyclic amines) is 1. The predicted molar refractivity (Wildman–Crippen MR) is 108 cm³/mol. The number of nitrogens with one attached hydrogen (secondary N) is 1. The summed E-state index contributed by atoms with van der Waals surface area (Å²) in [6.45, 7) is 8.07. The van der Waals surface area contributed by atoms with E-state index in [2.05, 4.69) is 50.4 Å². The number of ether oxygens (including phenoxy) is 1. The van der Waals surface area contributed by atoms with Crippen LogP contribution >= 0.6 is 0 Å². The molecule has 2 aromatic carbocycles. The van der Waals surface area contributed by atoms with Crippen molar-refractivity contribution in [3.63, 3.8) is 0 Å². The topological polar surface area (TPSA) is 41.6 Å². The summed E-state index contributed by atoms with van der Waals surface area (Å²) in [7, 11) is 0. The summed E-state index contributed by atoms with van der Waals surface area (Å²) in [5.74, 6) is 0. The van der Waals surface area contributed by atoms with Crippen LogP contribution in [0.5, 0.6) is 0 Å². The van der Waals surface area contributed by atoms with Crippen LogP contribution in [-0.4, -0.2) is 23.1 Å². The molecule has 3 rings (SSSR count). The number of amides is 2. The number of hydrogen-bond acceptors (Lipinski definition) is 2. The van der Waals surface area contributed by atoms with Crippen molar-refractivity contribution >= 4 is 6.03 Å². The monoisotopic (exact) mass is 366 g/mol. The first-order chi connectivity index (χ1) is 12.9. The molecule has 1 aliphatic rings. The van der Waals surface area contributed by atoms with E-state index in [1.165, 1.54) is 5.56 Å². The molecule has 1 saturated heterocycles. The molecule has 0 radical (unpaired) electrons. The molecule has 144 valence electrons. The van der Waals surface area contributed by atoms with Crippen molar-refractivity contribution in [2.45, 2.75) is 58.4 Å². The smallest absolute Gasteiger partial charge is 0.318 e. The number of carbonyl (C=O) groups excluding carboxylic acids is 1. The number of carbonyl (C=O) groups is 1. The summed E-state index contributed by atoms with van der Waals surface area (Å²) in [6.07, 6.45) is 2.07. The Labute approximate surface area is 162 Å². The number of rotatable bonds is 5. The largest absolute Gasteiger partial charge is 0.371 e. The zero-order chi connectivity index (χ0) is 19.3. The molecule has 0 bridgehead atoms. The van der Waals surface area contributed by atoms with Crippen molar-refractivity contribution in [2.75, 3.05) is 6.54 Å². The van der Waals surface area contributed by atoms with E-state index in [4.69, 9.17) is 4.74 Å². The van der Waals surface area contributed by atoms with Gasteiger partial charge in [-0.25, -0.2) is 4.79 Å². The van der Waals surface area contributed by atoms with Crippen molar-refractivity contribution in [3.8, 4) is 0 Å². The average molecular weight is 367 g/mol. The first kappa shape index (κ1) is 19.4. The zero-order valence-corrected chi connectivity index (χ0v) is 16.6. The number of nitrogens with zero attached hydrogens (tertiary/aromatic N) is 1. The van der Waals surface area contributed by atoms with E-state index in [9.17, 15) is 4.79 Å². The van der Waals surface area contributed by atoms with E-state index in [0.717, 1.165) is 30.5 Å². The minimum absolute atomic E-state index is 0.0118. The van der Waals surface area contributed by atoms with Gasteiger partial charge in [0.25, 0.3) is 0 Å². The molecule has 2 amide bonds. The highest BCUT2D eigenvalue weighted by molar-refractivity contribution is 5.75. The third-order valence-corrected chi connectivity index (χ3v) is 4.80. The lowest BCUT2D eigenvalue weighted by Crippen LogP contribution is -2.39. The highest BCUT2D eigenvalue weighted by Crippen LogP contribution is 2.31. The molecule has 27 heavy (non-hydrogen) atoms. The molecular weight excluding hydrogens is 336 g/mol. The molecule has 1 unspecified atom stereocenters. The Balaban J connectivity index is 1.57. The summed E-state index contributed by atoms with van der Waals surface area (Å²) in [5.41, 5.74) is 3.27. The maximum Gasteiger partial charge on any atom is 0.318 e. The van der Waals surface area contributed by atoms with Gasteiger partial charge in [-0.05, 0) is 50.3 Å². The Morgan fingerprint density at radius 3 is 2.59 bits per heavy atom. The minimum atomic E-state index is -0.160. The normalized spacial score (nSPS) is 17.1. The molecule has 0 saturated carbocycles. The fourth-order valence-electron chi connectivity index (χ4n) is 3.44. The van der Waals surface area contributed by atoms with Gasteiger partial charge in [0.15, 0.2) is 0 Å². The minimum Gasteiger partial charge on any atom is -0.371 e. The summed E-state index contributed by atoms with van der Waals surface area (Å²) < 4.78 is 5.84. The summed E-state index contributed by atoms with van der Waals surface area (Å²) in [4.78, 5) is 14.7. The van der Waals surface area contributed by atoms with Crippen molar-refractivity contribution in [1.29, 1.82) is 0 Å². The number of urea groups is 1. The van der Waals surface area contributed by atoms with E-state index in [-0.39, 0.29) is 17.7 Å². The molecule has 0 aliphatic carbocycles. The second kappa shape index (κ2) is 8.57. The second-order valence-electron chi connectivity index (χ2n) is 8.14. The van der Waals surface area contributed by atoms with Gasteiger partial charge >= 0.3 is 6.03 Å². The SMILES string of the molecule is CC(C)(C)OCc1cccc(CNC(=O)N2CCCC2c2ccccc2)c1. The van der Waals surface area contributed by atoms with Gasteiger partial charge in [0.05, 0.1) is 18.2 Å². The third-order valence-electron chi connectivity index (χ3n) is 4.80. The molecular formula is C23H30N2O2. The summed E-state index contributed by atoms with van der Waals surface area (Å²) in [5, 5.41) is 3.09. The molecule has 0 spiro atoms. The van der Waals surface area contributed by atoms with Crippen molar-refractivity contribution in [1.82, 2.24) is 10.2 Å². The lowest BCUT2D eigenvalue weighted by Gasteiger charge is -2.25. The van der Waals surface area contributed by atoms with Crippen molar-refractivity contribution < 1.29 is 9.53 Å². The molecule has 2 aromatic rings. The highest BCUT2D eigenvalue weighted by atomic mass is 16.5. The van der Waals surface area contributed by atoms with Crippen molar-refractivity contribution in [2.24, 2.45) is 0 Å². The number of hydrogen-bond donors (Lipinski definition) is 1. The van der Waals surface area contributed by atoms with E-state index in [1.54, 1.807) is 0 Å². The molecule has 1 fully saturated rings. The number of benzene rings is 2. The van der Waals surface area contributed by atoms with Crippen molar-refractivity contribution in [3.05, 3.63) is 71.3 Å².